The van der Waals surface area contributed by atoms with E-state index >= 15 is 0 Å². The molecule has 0 amide bonds. The van der Waals surface area contributed by atoms with Crippen molar-refractivity contribution in [1.82, 2.24) is 29.6 Å². The molecule has 0 aliphatic rings. The average Bonchev–Trinajstić information content (AvgIpc) is 3.05. The highest BCUT2D eigenvalue weighted by atomic mass is 19.1. The van der Waals surface area contributed by atoms with Gasteiger partial charge in [0.05, 0.1) is 5.69 Å². The van der Waals surface area contributed by atoms with Crippen molar-refractivity contribution < 1.29 is 4.39 Å². The molecule has 0 unspecified atom stereocenters. The summed E-state index contributed by atoms with van der Waals surface area (Å²) in [5.41, 5.74) is 2.83. The molecule has 0 atom stereocenters. The summed E-state index contributed by atoms with van der Waals surface area (Å²) in [4.78, 5) is 18.2. The van der Waals surface area contributed by atoms with Crippen LogP contribution >= 0.6 is 0 Å². The molecule has 0 aliphatic heterocycles. The van der Waals surface area contributed by atoms with E-state index in [2.05, 4.69) is 20.4 Å². The van der Waals surface area contributed by atoms with Crippen molar-refractivity contribution in [3.05, 3.63) is 87.5 Å². The number of aryl methyl sites for hydroxylation is 1. The molecule has 0 N–H and O–H groups in total. The minimum absolute atomic E-state index is 0.152. The number of hydrogen-bond donors (Lipinski definition) is 0. The van der Waals surface area contributed by atoms with Gasteiger partial charge in [-0.05, 0) is 41.5 Å². The fourth-order valence-electron chi connectivity index (χ4n) is 2.73. The molecule has 4 rings (SSSR count). The van der Waals surface area contributed by atoms with Gasteiger partial charge in [-0.25, -0.2) is 9.37 Å². The van der Waals surface area contributed by atoms with Crippen LogP contribution in [-0.4, -0.2) is 29.6 Å². The van der Waals surface area contributed by atoms with Gasteiger partial charge >= 0.3 is 0 Å². The summed E-state index contributed by atoms with van der Waals surface area (Å²) in [6.07, 6.45) is 2.14. The number of pyridine rings is 1. The van der Waals surface area contributed by atoms with E-state index < -0.39 is 0 Å². The molecule has 0 aliphatic carbocycles. The van der Waals surface area contributed by atoms with Crippen molar-refractivity contribution in [2.24, 2.45) is 0 Å². The van der Waals surface area contributed by atoms with Crippen LogP contribution in [0.1, 0.15) is 22.6 Å². The maximum absolute atomic E-state index is 13.0. The van der Waals surface area contributed by atoms with E-state index in [1.54, 1.807) is 18.3 Å². The first-order valence-electron chi connectivity index (χ1n) is 8.07. The molecular weight excluding hydrogens is 335 g/mol. The van der Waals surface area contributed by atoms with Gasteiger partial charge in [-0.1, -0.05) is 18.2 Å². The first kappa shape index (κ1) is 16.1. The minimum Gasteiger partial charge on any atom is -0.269 e. The standard InChI is InChI=1S/C18H15FN6O/c1-12-3-2-8-24-17(26)10-15(20-18(12)24)11-25-22-16(21-23-25)9-13-4-6-14(19)7-5-13/h2-8,10H,9,11H2,1H3. The van der Waals surface area contributed by atoms with Gasteiger partial charge in [0, 0.05) is 18.7 Å². The van der Waals surface area contributed by atoms with Crippen LogP contribution in [0.4, 0.5) is 4.39 Å². The molecule has 26 heavy (non-hydrogen) atoms. The first-order valence-corrected chi connectivity index (χ1v) is 8.07. The first-order chi connectivity index (χ1) is 12.6. The lowest BCUT2D eigenvalue weighted by Crippen LogP contribution is -2.18. The molecule has 0 saturated carbocycles. The SMILES string of the molecule is Cc1cccn2c(=O)cc(Cn3nnc(Cc4ccc(F)cc4)n3)nc12. The summed E-state index contributed by atoms with van der Waals surface area (Å²) < 4.78 is 14.5. The van der Waals surface area contributed by atoms with E-state index in [9.17, 15) is 9.18 Å². The number of tetrazole rings is 1. The molecule has 8 heteroatoms. The highest BCUT2D eigenvalue weighted by Gasteiger charge is 2.09. The van der Waals surface area contributed by atoms with Crippen LogP contribution in [0.2, 0.25) is 0 Å². The van der Waals surface area contributed by atoms with E-state index in [1.807, 2.05) is 19.1 Å². The van der Waals surface area contributed by atoms with Crippen molar-refractivity contribution in [2.45, 2.75) is 19.9 Å². The summed E-state index contributed by atoms with van der Waals surface area (Å²) in [5, 5.41) is 12.3. The van der Waals surface area contributed by atoms with Crippen LogP contribution in [0, 0.1) is 12.7 Å². The van der Waals surface area contributed by atoms with Gasteiger partial charge in [-0.15, -0.1) is 10.2 Å². The molecule has 130 valence electrons. The number of nitrogens with zero attached hydrogens (tertiary/aromatic N) is 6. The van der Waals surface area contributed by atoms with Crippen molar-refractivity contribution in [3.8, 4) is 0 Å². The van der Waals surface area contributed by atoms with Crippen molar-refractivity contribution in [3.63, 3.8) is 0 Å². The van der Waals surface area contributed by atoms with Gasteiger partial charge in [0.1, 0.15) is 18.0 Å². The summed E-state index contributed by atoms with van der Waals surface area (Å²) in [6.45, 7) is 2.15. The lowest BCUT2D eigenvalue weighted by Gasteiger charge is -2.05. The molecule has 4 aromatic rings. The summed E-state index contributed by atoms with van der Waals surface area (Å²) in [6, 6.07) is 11.3. The highest BCUT2D eigenvalue weighted by Crippen LogP contribution is 2.08. The quantitative estimate of drug-likeness (QED) is 0.560. The Morgan fingerprint density at radius 2 is 1.96 bits per heavy atom. The number of benzene rings is 1. The van der Waals surface area contributed by atoms with Crippen LogP contribution in [-0.2, 0) is 13.0 Å². The zero-order chi connectivity index (χ0) is 18.1. The number of fused-ring (bicyclic) bond motifs is 1. The van der Waals surface area contributed by atoms with E-state index in [1.165, 1.54) is 27.4 Å². The van der Waals surface area contributed by atoms with Gasteiger partial charge < -0.3 is 0 Å². The van der Waals surface area contributed by atoms with Gasteiger partial charge in [-0.3, -0.25) is 9.20 Å². The number of hydrogen-bond acceptors (Lipinski definition) is 5. The zero-order valence-electron chi connectivity index (χ0n) is 14.0. The predicted molar refractivity (Wildman–Crippen MR) is 92.3 cm³/mol. The zero-order valence-corrected chi connectivity index (χ0v) is 14.0. The number of halogens is 1. The Morgan fingerprint density at radius 1 is 1.15 bits per heavy atom. The smallest absolute Gasteiger partial charge is 0.258 e. The van der Waals surface area contributed by atoms with Crippen LogP contribution in [0.25, 0.3) is 5.65 Å². The Kier molecular flexibility index (Phi) is 4.00. The highest BCUT2D eigenvalue weighted by molar-refractivity contribution is 5.46. The lowest BCUT2D eigenvalue weighted by atomic mass is 10.1. The molecule has 0 fully saturated rings. The van der Waals surface area contributed by atoms with Gasteiger partial charge in [0.2, 0.25) is 0 Å². The number of rotatable bonds is 4. The monoisotopic (exact) mass is 350 g/mol. The molecule has 1 aromatic carbocycles. The molecule has 0 spiro atoms. The maximum Gasteiger partial charge on any atom is 0.258 e. The van der Waals surface area contributed by atoms with E-state index in [0.29, 0.717) is 23.6 Å². The normalized spacial score (nSPS) is 11.2. The topological polar surface area (TPSA) is 78.0 Å². The maximum atomic E-state index is 13.0. The van der Waals surface area contributed by atoms with Crippen molar-refractivity contribution in [2.75, 3.05) is 0 Å². The fraction of sp³-hybridized carbons (Fsp3) is 0.167. The van der Waals surface area contributed by atoms with Gasteiger partial charge in [0.25, 0.3) is 5.56 Å². The van der Waals surface area contributed by atoms with Crippen LogP contribution < -0.4 is 5.56 Å². The molecule has 7 nitrogen and oxygen atoms in total. The Labute approximate surface area is 147 Å². The third-order valence-electron chi connectivity index (χ3n) is 4.01. The largest absolute Gasteiger partial charge is 0.269 e. The Balaban J connectivity index is 1.57. The van der Waals surface area contributed by atoms with Gasteiger partial charge in [-0.2, -0.15) is 4.80 Å². The molecule has 0 saturated heterocycles. The second-order valence-corrected chi connectivity index (χ2v) is 6.01. The van der Waals surface area contributed by atoms with Crippen LogP contribution in [0.5, 0.6) is 0 Å². The molecule has 0 radical (unpaired) electrons. The Morgan fingerprint density at radius 3 is 2.77 bits per heavy atom. The summed E-state index contributed by atoms with van der Waals surface area (Å²) in [5.74, 6) is 0.236. The molecule has 3 heterocycles. The van der Waals surface area contributed by atoms with Crippen LogP contribution in [0.15, 0.2) is 53.5 Å². The third-order valence-corrected chi connectivity index (χ3v) is 4.01. The van der Waals surface area contributed by atoms with E-state index in [4.69, 9.17) is 0 Å². The average molecular weight is 350 g/mol. The molecular formula is C18H15FN6O. The predicted octanol–water partition coefficient (Wildman–Crippen LogP) is 1.77. The van der Waals surface area contributed by atoms with Crippen LogP contribution in [0.3, 0.4) is 0 Å². The second-order valence-electron chi connectivity index (χ2n) is 6.01. The second kappa shape index (κ2) is 6.47. The van der Waals surface area contributed by atoms with E-state index in [-0.39, 0.29) is 17.9 Å². The molecule has 0 bridgehead atoms. The molecule has 3 aromatic heterocycles. The number of aromatic nitrogens is 6. The summed E-state index contributed by atoms with van der Waals surface area (Å²) in [7, 11) is 0. The van der Waals surface area contributed by atoms with Gasteiger partial charge in [0.15, 0.2) is 5.82 Å². The van der Waals surface area contributed by atoms with Crippen molar-refractivity contribution in [1.29, 1.82) is 0 Å². The Bertz CT molecular complexity index is 1130. The lowest BCUT2D eigenvalue weighted by molar-refractivity contribution is 0.562. The van der Waals surface area contributed by atoms with Crippen molar-refractivity contribution >= 4 is 5.65 Å². The summed E-state index contributed by atoms with van der Waals surface area (Å²) >= 11 is 0. The fourth-order valence-corrected chi connectivity index (χ4v) is 2.73. The van der Waals surface area contributed by atoms with E-state index in [0.717, 1.165) is 11.1 Å². The minimum atomic E-state index is -0.283. The third kappa shape index (κ3) is 3.21. The Hall–Kier alpha value is -3.42.